The maximum Gasteiger partial charge on any atom is 0.338 e. The molecule has 3 rings (SSSR count). The molecule has 76 valence electrons. The minimum atomic E-state index is 0.293. The lowest BCUT2D eigenvalue weighted by Crippen LogP contribution is -1.93. The summed E-state index contributed by atoms with van der Waals surface area (Å²) in [6.07, 6.45) is 0. The number of benzene rings is 1. The molecule has 1 aromatic heterocycles. The Balaban J connectivity index is 2.45. The van der Waals surface area contributed by atoms with Gasteiger partial charge in [0.1, 0.15) is 5.39 Å². The lowest BCUT2D eigenvalue weighted by molar-refractivity contribution is 0.174. The van der Waals surface area contributed by atoms with E-state index in [-0.39, 0.29) is 0 Å². The molecule has 2 aromatic rings. The quantitative estimate of drug-likeness (QED) is 0.616. The lowest BCUT2D eigenvalue weighted by Gasteiger charge is -1.99. The SMILES string of the molecule is Cc1cc2ccc3c(c2c(C)[o+]1)OCO3. The molecular formula is C12H11O3+. The Kier molecular flexibility index (Phi) is 1.63. The topological polar surface area (TPSA) is 29.8 Å². The highest BCUT2D eigenvalue weighted by atomic mass is 16.7. The van der Waals surface area contributed by atoms with Crippen LogP contribution in [0.3, 0.4) is 0 Å². The highest BCUT2D eigenvalue weighted by molar-refractivity contribution is 5.92. The zero-order chi connectivity index (χ0) is 10.4. The van der Waals surface area contributed by atoms with Crippen LogP contribution in [-0.2, 0) is 0 Å². The van der Waals surface area contributed by atoms with Crippen molar-refractivity contribution in [2.45, 2.75) is 13.8 Å². The Morgan fingerprint density at radius 2 is 2.07 bits per heavy atom. The van der Waals surface area contributed by atoms with Gasteiger partial charge in [0.25, 0.3) is 0 Å². The molecule has 0 bridgehead atoms. The van der Waals surface area contributed by atoms with Crippen molar-refractivity contribution < 1.29 is 13.9 Å². The van der Waals surface area contributed by atoms with Crippen LogP contribution >= 0.6 is 0 Å². The highest BCUT2D eigenvalue weighted by Crippen LogP contribution is 2.40. The summed E-state index contributed by atoms with van der Waals surface area (Å²) < 4.78 is 16.4. The maximum atomic E-state index is 5.58. The normalized spacial score (nSPS) is 13.5. The number of rotatable bonds is 0. The van der Waals surface area contributed by atoms with Gasteiger partial charge < -0.3 is 9.47 Å². The molecule has 0 atom stereocenters. The maximum absolute atomic E-state index is 5.58. The fourth-order valence-electron chi connectivity index (χ4n) is 2.01. The van der Waals surface area contributed by atoms with Crippen LogP contribution in [0.25, 0.3) is 10.8 Å². The van der Waals surface area contributed by atoms with Crippen molar-refractivity contribution in [3.63, 3.8) is 0 Å². The molecule has 1 aromatic carbocycles. The first-order valence-corrected chi connectivity index (χ1v) is 4.88. The van der Waals surface area contributed by atoms with Crippen LogP contribution < -0.4 is 9.47 Å². The first-order valence-electron chi connectivity index (χ1n) is 4.88. The molecule has 3 nitrogen and oxygen atoms in total. The molecular weight excluding hydrogens is 192 g/mol. The second-order valence-corrected chi connectivity index (χ2v) is 3.68. The highest BCUT2D eigenvalue weighted by Gasteiger charge is 2.23. The smallest absolute Gasteiger partial charge is 0.338 e. The summed E-state index contributed by atoms with van der Waals surface area (Å²) in [4.78, 5) is 0. The van der Waals surface area contributed by atoms with Gasteiger partial charge in [0.2, 0.25) is 6.79 Å². The minimum Gasteiger partial charge on any atom is -0.454 e. The first-order chi connectivity index (χ1) is 7.25. The van der Waals surface area contributed by atoms with Gasteiger partial charge in [-0.05, 0) is 12.1 Å². The van der Waals surface area contributed by atoms with Crippen LogP contribution in [0.1, 0.15) is 11.5 Å². The summed E-state index contributed by atoms with van der Waals surface area (Å²) in [6.45, 7) is 4.18. The van der Waals surface area contributed by atoms with Crippen LogP contribution in [0.2, 0.25) is 0 Å². The van der Waals surface area contributed by atoms with Crippen molar-refractivity contribution in [2.75, 3.05) is 6.79 Å². The summed E-state index contributed by atoms with van der Waals surface area (Å²) in [5, 5.41) is 2.14. The van der Waals surface area contributed by atoms with Gasteiger partial charge in [0.15, 0.2) is 11.5 Å². The van der Waals surface area contributed by atoms with E-state index in [2.05, 4.69) is 0 Å². The predicted octanol–water partition coefficient (Wildman–Crippen LogP) is 3.06. The molecule has 0 radical (unpaired) electrons. The van der Waals surface area contributed by atoms with E-state index in [1.165, 1.54) is 0 Å². The zero-order valence-corrected chi connectivity index (χ0v) is 8.66. The van der Waals surface area contributed by atoms with Crippen molar-refractivity contribution in [3.8, 4) is 11.5 Å². The second kappa shape index (κ2) is 2.86. The Morgan fingerprint density at radius 3 is 2.93 bits per heavy atom. The Bertz CT molecular complexity index is 546. The largest absolute Gasteiger partial charge is 0.454 e. The van der Waals surface area contributed by atoms with Gasteiger partial charge in [0.05, 0.1) is 13.8 Å². The first kappa shape index (κ1) is 8.53. The van der Waals surface area contributed by atoms with E-state index in [0.717, 1.165) is 33.8 Å². The molecule has 0 aliphatic carbocycles. The fourth-order valence-corrected chi connectivity index (χ4v) is 2.01. The molecule has 0 saturated carbocycles. The molecule has 15 heavy (non-hydrogen) atoms. The molecule has 0 N–H and O–H groups in total. The van der Waals surface area contributed by atoms with Crippen LogP contribution in [0, 0.1) is 13.8 Å². The van der Waals surface area contributed by atoms with Gasteiger partial charge in [-0.1, -0.05) is 0 Å². The summed E-state index contributed by atoms with van der Waals surface area (Å²) in [6, 6.07) is 5.96. The van der Waals surface area contributed by atoms with Gasteiger partial charge >= 0.3 is 11.5 Å². The van der Waals surface area contributed by atoms with E-state index < -0.39 is 0 Å². The Labute approximate surface area is 87.2 Å². The van der Waals surface area contributed by atoms with E-state index >= 15 is 0 Å². The Hall–Kier alpha value is -1.77. The van der Waals surface area contributed by atoms with Crippen LogP contribution in [0.4, 0.5) is 0 Å². The van der Waals surface area contributed by atoms with Crippen molar-refractivity contribution >= 4 is 10.8 Å². The minimum absolute atomic E-state index is 0.293. The molecule has 1 aliphatic rings. The second-order valence-electron chi connectivity index (χ2n) is 3.68. The number of fused-ring (bicyclic) bond motifs is 3. The Morgan fingerprint density at radius 1 is 1.20 bits per heavy atom. The van der Waals surface area contributed by atoms with Gasteiger partial charge in [-0.3, -0.25) is 0 Å². The molecule has 1 aliphatic heterocycles. The molecule has 0 amide bonds. The van der Waals surface area contributed by atoms with Crippen LogP contribution in [0.5, 0.6) is 11.5 Å². The third-order valence-corrected chi connectivity index (χ3v) is 2.60. The van der Waals surface area contributed by atoms with Gasteiger partial charge in [0, 0.05) is 11.5 Å². The van der Waals surface area contributed by atoms with E-state index in [0.29, 0.717) is 6.79 Å². The van der Waals surface area contributed by atoms with Crippen LogP contribution in [-0.4, -0.2) is 6.79 Å². The van der Waals surface area contributed by atoms with E-state index in [4.69, 9.17) is 13.9 Å². The van der Waals surface area contributed by atoms with E-state index in [1.807, 2.05) is 32.0 Å². The van der Waals surface area contributed by atoms with Crippen molar-refractivity contribution in [2.24, 2.45) is 0 Å². The predicted molar refractivity (Wildman–Crippen MR) is 56.2 cm³/mol. The molecule has 0 spiro atoms. The third kappa shape index (κ3) is 1.16. The number of aryl methyl sites for hydroxylation is 2. The van der Waals surface area contributed by atoms with E-state index in [1.54, 1.807) is 0 Å². The van der Waals surface area contributed by atoms with Crippen molar-refractivity contribution in [3.05, 3.63) is 29.7 Å². The molecule has 0 saturated heterocycles. The summed E-state index contributed by atoms with van der Waals surface area (Å²) >= 11 is 0. The van der Waals surface area contributed by atoms with Gasteiger partial charge in [-0.2, -0.15) is 0 Å². The fraction of sp³-hybridized carbons (Fsp3) is 0.250. The molecule has 2 heterocycles. The molecule has 3 heteroatoms. The average Bonchev–Trinajstić information content (AvgIpc) is 2.63. The molecule has 0 fully saturated rings. The number of hydrogen-bond donors (Lipinski definition) is 0. The van der Waals surface area contributed by atoms with Crippen LogP contribution in [0.15, 0.2) is 22.6 Å². The van der Waals surface area contributed by atoms with Crippen molar-refractivity contribution in [1.29, 1.82) is 0 Å². The number of ether oxygens (including phenoxy) is 2. The van der Waals surface area contributed by atoms with Gasteiger partial charge in [-0.25, -0.2) is 4.42 Å². The van der Waals surface area contributed by atoms with Crippen molar-refractivity contribution in [1.82, 2.24) is 0 Å². The lowest BCUT2D eigenvalue weighted by atomic mass is 10.1. The standard InChI is InChI=1S/C12H11O3/c1-7-5-9-3-4-10-12(14-6-13-10)11(9)8(2)15-7/h3-5H,6H2,1-2H3/q+1. The summed E-state index contributed by atoms with van der Waals surface area (Å²) in [5.74, 6) is 3.37. The average molecular weight is 203 g/mol. The zero-order valence-electron chi connectivity index (χ0n) is 8.66. The summed E-state index contributed by atoms with van der Waals surface area (Å²) in [5.41, 5.74) is 0. The monoisotopic (exact) mass is 203 g/mol. The summed E-state index contributed by atoms with van der Waals surface area (Å²) in [7, 11) is 0. The van der Waals surface area contributed by atoms with E-state index in [9.17, 15) is 0 Å². The molecule has 0 unspecified atom stereocenters. The third-order valence-electron chi connectivity index (χ3n) is 2.60. The van der Waals surface area contributed by atoms with Gasteiger partial charge in [-0.15, -0.1) is 0 Å². The number of hydrogen-bond acceptors (Lipinski definition) is 2.